The van der Waals surface area contributed by atoms with Crippen LogP contribution in [0.2, 0.25) is 0 Å². The molecule has 0 bridgehead atoms. The fraction of sp³-hybridized carbons (Fsp3) is 0.263. The Morgan fingerprint density at radius 3 is 2.50 bits per heavy atom. The van der Waals surface area contributed by atoms with Crippen molar-refractivity contribution < 1.29 is 19.4 Å². The number of rotatable bonds is 6. The number of ether oxygens (including phenoxy) is 1. The number of carboxylic acids is 1. The normalized spacial score (nSPS) is 11.0. The largest absolute Gasteiger partial charge is 0.489 e. The maximum atomic E-state index is 12.2. The van der Waals surface area contributed by atoms with E-state index in [1.54, 1.807) is 24.3 Å². The van der Waals surface area contributed by atoms with Crippen molar-refractivity contribution in [3.63, 3.8) is 0 Å². The third-order valence-corrected chi connectivity index (χ3v) is 3.54. The number of hydrogen-bond acceptors (Lipinski definition) is 3. The second-order valence-electron chi connectivity index (χ2n) is 6.19. The van der Waals surface area contributed by atoms with Crippen LogP contribution in [0.3, 0.4) is 0 Å². The molecule has 0 spiro atoms. The molecule has 1 amide bonds. The first-order valence-electron chi connectivity index (χ1n) is 7.62. The van der Waals surface area contributed by atoms with Gasteiger partial charge in [0.05, 0.1) is 0 Å². The van der Waals surface area contributed by atoms with Gasteiger partial charge in [0.25, 0.3) is 5.91 Å². The number of amides is 1. The van der Waals surface area contributed by atoms with Crippen molar-refractivity contribution in [2.24, 2.45) is 0 Å². The Bertz CT molecular complexity index is 753. The molecule has 126 valence electrons. The van der Waals surface area contributed by atoms with Gasteiger partial charge in [-0.2, -0.15) is 0 Å². The molecule has 0 aliphatic rings. The zero-order valence-corrected chi connectivity index (χ0v) is 14.0. The number of nitrogens with one attached hydrogen (secondary N) is 1. The summed E-state index contributed by atoms with van der Waals surface area (Å²) in [7, 11) is 0. The van der Waals surface area contributed by atoms with Crippen molar-refractivity contribution in [3.05, 3.63) is 65.2 Å². The van der Waals surface area contributed by atoms with E-state index in [1.807, 2.05) is 31.2 Å². The van der Waals surface area contributed by atoms with Crippen LogP contribution in [0.5, 0.6) is 5.75 Å². The number of carbonyl (C=O) groups excluding carboxylic acids is 1. The summed E-state index contributed by atoms with van der Waals surface area (Å²) in [5, 5.41) is 11.6. The molecule has 5 nitrogen and oxygen atoms in total. The lowest BCUT2D eigenvalue weighted by molar-refractivity contribution is -0.143. The summed E-state index contributed by atoms with van der Waals surface area (Å²) in [5.74, 6) is -0.997. The number of hydrogen-bond donors (Lipinski definition) is 2. The van der Waals surface area contributed by atoms with Crippen LogP contribution in [0.25, 0.3) is 0 Å². The molecule has 0 radical (unpaired) electrons. The molecule has 0 atom stereocenters. The zero-order valence-electron chi connectivity index (χ0n) is 14.0. The molecule has 0 aliphatic carbocycles. The van der Waals surface area contributed by atoms with E-state index in [4.69, 9.17) is 9.84 Å². The highest BCUT2D eigenvalue weighted by Gasteiger charge is 2.29. The van der Waals surface area contributed by atoms with E-state index >= 15 is 0 Å². The van der Waals surface area contributed by atoms with Crippen LogP contribution >= 0.6 is 0 Å². The lowest BCUT2D eigenvalue weighted by Gasteiger charge is -2.21. The van der Waals surface area contributed by atoms with E-state index in [0.29, 0.717) is 17.9 Å². The second kappa shape index (κ2) is 7.17. The van der Waals surface area contributed by atoms with Gasteiger partial charge in [0.15, 0.2) is 0 Å². The highest BCUT2D eigenvalue weighted by atomic mass is 16.5. The van der Waals surface area contributed by atoms with Crippen LogP contribution in [-0.2, 0) is 11.4 Å². The van der Waals surface area contributed by atoms with Crippen molar-refractivity contribution in [2.75, 3.05) is 0 Å². The standard InChI is InChI=1S/C19H21NO4/c1-13-6-4-7-14(10-13)12-24-16-9-5-8-15(11-16)17(21)20-19(2,3)18(22)23/h4-11H,12H2,1-3H3,(H,20,21)(H,22,23). The SMILES string of the molecule is Cc1cccc(COc2cccc(C(=O)NC(C)(C)C(=O)O)c2)c1. The lowest BCUT2D eigenvalue weighted by atomic mass is 10.1. The van der Waals surface area contributed by atoms with E-state index in [0.717, 1.165) is 11.1 Å². The fourth-order valence-electron chi connectivity index (χ4n) is 2.11. The average Bonchev–Trinajstić information content (AvgIpc) is 2.53. The van der Waals surface area contributed by atoms with E-state index in [1.165, 1.54) is 13.8 Å². The maximum absolute atomic E-state index is 12.2. The van der Waals surface area contributed by atoms with E-state index < -0.39 is 17.4 Å². The van der Waals surface area contributed by atoms with Crippen molar-refractivity contribution in [3.8, 4) is 5.75 Å². The molecule has 24 heavy (non-hydrogen) atoms. The highest BCUT2D eigenvalue weighted by Crippen LogP contribution is 2.16. The molecule has 2 aromatic carbocycles. The Morgan fingerprint density at radius 1 is 1.12 bits per heavy atom. The van der Waals surface area contributed by atoms with Crippen molar-refractivity contribution in [1.82, 2.24) is 5.32 Å². The van der Waals surface area contributed by atoms with Gasteiger partial charge in [-0.25, -0.2) is 4.79 Å². The second-order valence-corrected chi connectivity index (χ2v) is 6.19. The summed E-state index contributed by atoms with van der Waals surface area (Å²) in [5.41, 5.74) is 1.21. The Labute approximate surface area is 141 Å². The first kappa shape index (κ1) is 17.5. The van der Waals surface area contributed by atoms with Crippen LogP contribution in [-0.4, -0.2) is 22.5 Å². The Kier molecular flexibility index (Phi) is 5.24. The Balaban J connectivity index is 2.06. The zero-order chi connectivity index (χ0) is 17.7. The first-order valence-corrected chi connectivity index (χ1v) is 7.62. The van der Waals surface area contributed by atoms with Crippen molar-refractivity contribution in [1.29, 1.82) is 0 Å². The monoisotopic (exact) mass is 327 g/mol. The van der Waals surface area contributed by atoms with Gasteiger partial charge in [-0.15, -0.1) is 0 Å². The van der Waals surface area contributed by atoms with Crippen molar-refractivity contribution >= 4 is 11.9 Å². The van der Waals surface area contributed by atoms with Crippen LogP contribution in [0.4, 0.5) is 0 Å². The molecule has 0 saturated heterocycles. The van der Waals surface area contributed by atoms with Gasteiger partial charge < -0.3 is 15.2 Å². The molecule has 2 N–H and O–H groups in total. The minimum Gasteiger partial charge on any atom is -0.489 e. The minimum atomic E-state index is -1.34. The molecule has 0 fully saturated rings. The van der Waals surface area contributed by atoms with E-state index in [-0.39, 0.29) is 0 Å². The number of carboxylic acid groups (broad SMARTS) is 1. The molecule has 0 aliphatic heterocycles. The predicted octanol–water partition coefficient (Wildman–Crippen LogP) is 3.17. The lowest BCUT2D eigenvalue weighted by Crippen LogP contribution is -2.49. The molecule has 2 aromatic rings. The summed E-state index contributed by atoms with van der Waals surface area (Å²) in [4.78, 5) is 23.3. The molecule has 0 aromatic heterocycles. The Morgan fingerprint density at radius 2 is 1.83 bits per heavy atom. The molecule has 0 saturated carbocycles. The minimum absolute atomic E-state index is 0.353. The molecular weight excluding hydrogens is 306 g/mol. The smallest absolute Gasteiger partial charge is 0.328 e. The number of aryl methyl sites for hydroxylation is 1. The van der Waals surface area contributed by atoms with Gasteiger partial charge in [-0.1, -0.05) is 35.9 Å². The van der Waals surface area contributed by atoms with Gasteiger partial charge in [-0.3, -0.25) is 4.79 Å². The third-order valence-electron chi connectivity index (χ3n) is 3.54. The fourth-order valence-corrected chi connectivity index (χ4v) is 2.11. The summed E-state index contributed by atoms with van der Waals surface area (Å²) < 4.78 is 5.72. The number of benzene rings is 2. The molecule has 0 heterocycles. The molecule has 0 unspecified atom stereocenters. The third kappa shape index (κ3) is 4.59. The quantitative estimate of drug-likeness (QED) is 0.854. The van der Waals surface area contributed by atoms with E-state index in [2.05, 4.69) is 5.32 Å². The maximum Gasteiger partial charge on any atom is 0.328 e. The topological polar surface area (TPSA) is 75.6 Å². The summed E-state index contributed by atoms with van der Waals surface area (Å²) in [6, 6.07) is 14.7. The first-order chi connectivity index (χ1) is 11.3. The van der Waals surface area contributed by atoms with Crippen LogP contribution < -0.4 is 10.1 Å². The Hall–Kier alpha value is -2.82. The van der Waals surface area contributed by atoms with Gasteiger partial charge in [0.1, 0.15) is 17.9 Å². The molecule has 2 rings (SSSR count). The number of aliphatic carboxylic acids is 1. The van der Waals surface area contributed by atoms with Crippen LogP contribution in [0.15, 0.2) is 48.5 Å². The van der Waals surface area contributed by atoms with Crippen molar-refractivity contribution in [2.45, 2.75) is 32.9 Å². The van der Waals surface area contributed by atoms with Gasteiger partial charge in [0.2, 0.25) is 0 Å². The number of carbonyl (C=O) groups is 2. The van der Waals surface area contributed by atoms with Gasteiger partial charge in [0, 0.05) is 5.56 Å². The van der Waals surface area contributed by atoms with Gasteiger partial charge >= 0.3 is 5.97 Å². The van der Waals surface area contributed by atoms with E-state index in [9.17, 15) is 9.59 Å². The summed E-state index contributed by atoms with van der Waals surface area (Å²) in [6.07, 6.45) is 0. The highest BCUT2D eigenvalue weighted by molar-refractivity contribution is 5.97. The molecular formula is C19H21NO4. The average molecular weight is 327 g/mol. The molecule has 5 heteroatoms. The van der Waals surface area contributed by atoms with Crippen LogP contribution in [0.1, 0.15) is 35.3 Å². The predicted molar refractivity (Wildman–Crippen MR) is 91.1 cm³/mol. The summed E-state index contributed by atoms with van der Waals surface area (Å²) >= 11 is 0. The summed E-state index contributed by atoms with van der Waals surface area (Å²) in [6.45, 7) is 5.28. The van der Waals surface area contributed by atoms with Gasteiger partial charge in [-0.05, 0) is 44.5 Å². The van der Waals surface area contributed by atoms with Crippen LogP contribution in [0, 0.1) is 6.92 Å².